The number of halogens is 3. The minimum absolute atomic E-state index is 0.0431. The molecule has 0 amide bonds. The molecule has 0 aliphatic carbocycles. The summed E-state index contributed by atoms with van der Waals surface area (Å²) in [5.74, 6) is -0.141. The third kappa shape index (κ3) is 2.01. The maximum atomic E-state index is 12.9. The van der Waals surface area contributed by atoms with E-state index in [1.54, 1.807) is 0 Å². The zero-order chi connectivity index (χ0) is 8.43. The first-order chi connectivity index (χ1) is 5.15. The van der Waals surface area contributed by atoms with Crippen LogP contribution in [0, 0.1) is 5.82 Å². The molecular formula is C7H5Cl2FS. The Morgan fingerprint density at radius 2 is 2.00 bits per heavy atom. The van der Waals surface area contributed by atoms with Crippen molar-refractivity contribution in [1.82, 2.24) is 0 Å². The van der Waals surface area contributed by atoms with Gasteiger partial charge in [-0.1, -0.05) is 23.2 Å². The third-order valence-corrected chi connectivity index (χ3v) is 2.07. The summed E-state index contributed by atoms with van der Waals surface area (Å²) >= 11 is 15.0. The van der Waals surface area contributed by atoms with Gasteiger partial charge >= 0.3 is 0 Å². The van der Waals surface area contributed by atoms with E-state index in [1.807, 2.05) is 0 Å². The maximum Gasteiger partial charge on any atom is 0.145 e. The van der Waals surface area contributed by atoms with Crippen LogP contribution in [-0.2, 0) is 5.75 Å². The Balaban J connectivity index is 3.24. The van der Waals surface area contributed by atoms with E-state index in [9.17, 15) is 4.39 Å². The number of hydrogen-bond donors (Lipinski definition) is 1. The van der Waals surface area contributed by atoms with Crippen LogP contribution >= 0.6 is 35.8 Å². The van der Waals surface area contributed by atoms with Crippen LogP contribution in [0.25, 0.3) is 0 Å². The Kier molecular flexibility index (Phi) is 3.05. The Bertz CT molecular complexity index is 275. The molecule has 0 aliphatic rings. The van der Waals surface area contributed by atoms with Crippen LogP contribution in [0.2, 0.25) is 10.0 Å². The van der Waals surface area contributed by atoms with Crippen molar-refractivity contribution in [3.05, 3.63) is 33.6 Å². The van der Waals surface area contributed by atoms with Gasteiger partial charge in [0.25, 0.3) is 0 Å². The Hall–Kier alpha value is 0.0800. The van der Waals surface area contributed by atoms with Crippen molar-refractivity contribution in [2.45, 2.75) is 5.75 Å². The molecule has 0 aromatic heterocycles. The topological polar surface area (TPSA) is 0 Å². The lowest BCUT2D eigenvalue weighted by atomic mass is 10.2. The lowest BCUT2D eigenvalue weighted by Gasteiger charge is -2.01. The molecule has 0 unspecified atom stereocenters. The number of benzene rings is 1. The van der Waals surface area contributed by atoms with Crippen molar-refractivity contribution >= 4 is 35.8 Å². The first-order valence-corrected chi connectivity index (χ1v) is 4.28. The fourth-order valence-electron chi connectivity index (χ4n) is 0.724. The first kappa shape index (κ1) is 9.17. The summed E-state index contributed by atoms with van der Waals surface area (Å²) in [6.45, 7) is 0. The van der Waals surface area contributed by atoms with Gasteiger partial charge in [0.1, 0.15) is 5.82 Å². The smallest absolute Gasteiger partial charge is 0.145 e. The molecule has 0 spiro atoms. The molecule has 0 N–H and O–H groups in total. The quantitative estimate of drug-likeness (QED) is 0.532. The summed E-state index contributed by atoms with van der Waals surface area (Å²) < 4.78 is 12.9. The number of rotatable bonds is 1. The predicted molar refractivity (Wildman–Crippen MR) is 49.1 cm³/mol. The van der Waals surface area contributed by atoms with Gasteiger partial charge in [0, 0.05) is 16.3 Å². The van der Waals surface area contributed by atoms with Crippen LogP contribution in [0.5, 0.6) is 0 Å². The van der Waals surface area contributed by atoms with E-state index in [-0.39, 0.29) is 5.02 Å². The lowest BCUT2D eigenvalue weighted by molar-refractivity contribution is 0.618. The summed E-state index contributed by atoms with van der Waals surface area (Å²) in [6, 6.07) is 2.88. The van der Waals surface area contributed by atoms with Gasteiger partial charge in [-0.05, 0) is 12.1 Å². The van der Waals surface area contributed by atoms with E-state index in [0.717, 1.165) is 0 Å². The highest BCUT2D eigenvalue weighted by Gasteiger charge is 2.06. The second-order valence-electron chi connectivity index (χ2n) is 2.02. The molecule has 1 rings (SSSR count). The van der Waals surface area contributed by atoms with Gasteiger partial charge in [0.15, 0.2) is 0 Å². The van der Waals surface area contributed by atoms with Crippen molar-refractivity contribution in [2.75, 3.05) is 0 Å². The minimum atomic E-state index is -0.439. The summed E-state index contributed by atoms with van der Waals surface area (Å²) in [5.41, 5.74) is 0.422. The fourth-order valence-corrected chi connectivity index (χ4v) is 1.49. The van der Waals surface area contributed by atoms with Crippen LogP contribution in [0.3, 0.4) is 0 Å². The lowest BCUT2D eigenvalue weighted by Crippen LogP contribution is -1.86. The molecule has 1 aromatic carbocycles. The van der Waals surface area contributed by atoms with Gasteiger partial charge in [-0.2, -0.15) is 12.6 Å². The molecule has 0 saturated carbocycles. The van der Waals surface area contributed by atoms with E-state index in [1.165, 1.54) is 12.1 Å². The maximum absolute atomic E-state index is 12.9. The summed E-state index contributed by atoms with van der Waals surface area (Å²) in [6.07, 6.45) is 0. The third-order valence-electron chi connectivity index (χ3n) is 1.24. The average molecular weight is 211 g/mol. The van der Waals surface area contributed by atoms with Crippen molar-refractivity contribution < 1.29 is 4.39 Å². The molecule has 0 aliphatic heterocycles. The second-order valence-corrected chi connectivity index (χ2v) is 3.18. The highest BCUT2D eigenvalue weighted by molar-refractivity contribution is 7.79. The van der Waals surface area contributed by atoms with Crippen molar-refractivity contribution in [2.24, 2.45) is 0 Å². The molecule has 0 atom stereocenters. The molecular weight excluding hydrogens is 206 g/mol. The predicted octanol–water partition coefficient (Wildman–Crippen LogP) is 3.56. The SMILES string of the molecule is Fc1c(Cl)cc(Cl)cc1CS. The van der Waals surface area contributed by atoms with Crippen LogP contribution in [0.1, 0.15) is 5.56 Å². The zero-order valence-electron chi connectivity index (χ0n) is 5.44. The largest absolute Gasteiger partial charge is 0.205 e. The minimum Gasteiger partial charge on any atom is -0.205 e. The molecule has 0 bridgehead atoms. The van der Waals surface area contributed by atoms with E-state index < -0.39 is 5.82 Å². The standard InChI is InChI=1S/C7H5Cl2FS/c8-5-1-4(3-11)7(10)6(9)2-5/h1-2,11H,3H2. The molecule has 1 aromatic rings. The van der Waals surface area contributed by atoms with Gasteiger partial charge < -0.3 is 0 Å². The number of hydrogen-bond acceptors (Lipinski definition) is 1. The zero-order valence-corrected chi connectivity index (χ0v) is 7.85. The van der Waals surface area contributed by atoms with E-state index in [2.05, 4.69) is 12.6 Å². The van der Waals surface area contributed by atoms with Gasteiger partial charge in [-0.25, -0.2) is 4.39 Å². The second kappa shape index (κ2) is 3.65. The highest BCUT2D eigenvalue weighted by Crippen LogP contribution is 2.24. The summed E-state index contributed by atoms with van der Waals surface area (Å²) in [5, 5.41) is 0.474. The van der Waals surface area contributed by atoms with Gasteiger partial charge in [0.2, 0.25) is 0 Å². The van der Waals surface area contributed by atoms with Crippen LogP contribution < -0.4 is 0 Å². The summed E-state index contributed by atoms with van der Waals surface area (Å²) in [4.78, 5) is 0. The molecule has 11 heavy (non-hydrogen) atoms. The van der Waals surface area contributed by atoms with Gasteiger partial charge in [-0.3, -0.25) is 0 Å². The molecule has 0 nitrogen and oxygen atoms in total. The van der Waals surface area contributed by atoms with Gasteiger partial charge in [0.05, 0.1) is 5.02 Å². The van der Waals surface area contributed by atoms with Crippen LogP contribution in [0.15, 0.2) is 12.1 Å². The van der Waals surface area contributed by atoms with E-state index in [4.69, 9.17) is 23.2 Å². The normalized spacial score (nSPS) is 10.2. The average Bonchev–Trinajstić information content (AvgIpc) is 1.96. The Labute approximate surface area is 79.7 Å². The molecule has 4 heteroatoms. The molecule has 0 radical (unpaired) electrons. The van der Waals surface area contributed by atoms with Crippen LogP contribution in [-0.4, -0.2) is 0 Å². The monoisotopic (exact) mass is 210 g/mol. The Morgan fingerprint density at radius 3 is 2.55 bits per heavy atom. The molecule has 60 valence electrons. The van der Waals surface area contributed by atoms with Crippen LogP contribution in [0.4, 0.5) is 4.39 Å². The van der Waals surface area contributed by atoms with Crippen molar-refractivity contribution in [3.8, 4) is 0 Å². The van der Waals surface area contributed by atoms with Crippen molar-refractivity contribution in [3.63, 3.8) is 0 Å². The fraction of sp³-hybridized carbons (Fsp3) is 0.143. The molecule has 0 heterocycles. The van der Waals surface area contributed by atoms with E-state index >= 15 is 0 Å². The first-order valence-electron chi connectivity index (χ1n) is 2.89. The molecule has 0 fully saturated rings. The van der Waals surface area contributed by atoms with Crippen molar-refractivity contribution in [1.29, 1.82) is 0 Å². The Morgan fingerprint density at radius 1 is 1.36 bits per heavy atom. The number of thiol groups is 1. The van der Waals surface area contributed by atoms with E-state index in [0.29, 0.717) is 16.3 Å². The van der Waals surface area contributed by atoms with Gasteiger partial charge in [-0.15, -0.1) is 0 Å². The highest BCUT2D eigenvalue weighted by atomic mass is 35.5. The summed E-state index contributed by atoms with van der Waals surface area (Å²) in [7, 11) is 0. The molecule has 0 saturated heterocycles.